The van der Waals surface area contributed by atoms with Gasteiger partial charge >= 0.3 is 5.69 Å². The normalized spacial score (nSPS) is 11.8. The molecule has 0 aliphatic rings. The molecule has 0 aliphatic heterocycles. The minimum Gasteiger partial charge on any atom is -0.618 e. The molecule has 1 N–H and O–H groups in total. The molecule has 110 valence electrons. The lowest BCUT2D eigenvalue weighted by molar-refractivity contribution is -0.472. The van der Waals surface area contributed by atoms with Crippen molar-refractivity contribution in [2.75, 3.05) is 0 Å². The van der Waals surface area contributed by atoms with Gasteiger partial charge in [0, 0.05) is 23.1 Å². The molecule has 3 aromatic rings. The average Bonchev–Trinajstić information content (AvgIpc) is 2.57. The average molecular weight is 296 g/mol. The summed E-state index contributed by atoms with van der Waals surface area (Å²) >= 11 is 0. The van der Waals surface area contributed by atoms with Gasteiger partial charge in [0.05, 0.1) is 4.43 Å². The Bertz CT molecular complexity index is 931. The molecule has 6 nitrogen and oxygen atoms in total. The van der Waals surface area contributed by atoms with Crippen LogP contribution in [0.2, 0.25) is 0 Å². The Morgan fingerprint density at radius 1 is 1.14 bits per heavy atom. The van der Waals surface area contributed by atoms with Gasteiger partial charge in [0.25, 0.3) is 11.7 Å². The van der Waals surface area contributed by atoms with Crippen molar-refractivity contribution in [2.45, 2.75) is 6.92 Å². The maximum absolute atomic E-state index is 12.5. The Kier molecular flexibility index (Phi) is 3.34. The van der Waals surface area contributed by atoms with E-state index in [0.717, 1.165) is 10.9 Å². The lowest BCUT2D eigenvalue weighted by atomic mass is 10.2. The predicted octanol–water partition coefficient (Wildman–Crippen LogP) is 2.36. The Labute approximate surface area is 126 Å². The van der Waals surface area contributed by atoms with E-state index in [1.165, 1.54) is 0 Å². The Hall–Kier alpha value is -3.15. The molecular formula is C16H14N3O3+. The highest BCUT2D eigenvalue weighted by Crippen LogP contribution is 2.13. The summed E-state index contributed by atoms with van der Waals surface area (Å²) in [6.07, 6.45) is 1.16. The zero-order chi connectivity index (χ0) is 15.7. The van der Waals surface area contributed by atoms with E-state index in [0.29, 0.717) is 20.4 Å². The lowest BCUT2D eigenvalue weighted by Crippen LogP contribution is -2.28. The van der Waals surface area contributed by atoms with Gasteiger partial charge in [-0.05, 0) is 13.0 Å². The van der Waals surface area contributed by atoms with Crippen molar-refractivity contribution < 1.29 is 14.4 Å². The topological polar surface area (TPSA) is 74.2 Å². The van der Waals surface area contributed by atoms with Gasteiger partial charge < -0.3 is 10.4 Å². The Morgan fingerprint density at radius 3 is 2.50 bits per heavy atom. The molecule has 0 radical (unpaired) electrons. The van der Waals surface area contributed by atoms with Crippen LogP contribution in [-0.4, -0.2) is 20.9 Å². The molecule has 0 atom stereocenters. The van der Waals surface area contributed by atoms with Gasteiger partial charge in [0.1, 0.15) is 5.69 Å². The highest BCUT2D eigenvalue weighted by molar-refractivity contribution is 5.78. The summed E-state index contributed by atoms with van der Waals surface area (Å²) in [4.78, 5) is 12.5. The van der Waals surface area contributed by atoms with Crippen LogP contribution in [0.4, 0.5) is 5.69 Å². The highest BCUT2D eigenvalue weighted by Gasteiger charge is 2.23. The first-order valence-electron chi connectivity index (χ1n) is 6.72. The van der Waals surface area contributed by atoms with E-state index in [-0.39, 0.29) is 16.9 Å². The van der Waals surface area contributed by atoms with Crippen LogP contribution in [0.1, 0.15) is 11.4 Å². The Balaban J connectivity index is 2.26. The van der Waals surface area contributed by atoms with Gasteiger partial charge in [-0.3, -0.25) is 0 Å². The molecule has 6 heteroatoms. The number of benzene rings is 2. The summed E-state index contributed by atoms with van der Waals surface area (Å²) in [5, 5.41) is 22.4. The third-order valence-electron chi connectivity index (χ3n) is 3.49. The second-order valence-electron chi connectivity index (χ2n) is 4.86. The summed E-state index contributed by atoms with van der Waals surface area (Å²) in [6.45, 7) is 1.57. The van der Waals surface area contributed by atoms with Crippen molar-refractivity contribution in [3.63, 3.8) is 0 Å². The fourth-order valence-electron chi connectivity index (χ4n) is 2.29. The largest absolute Gasteiger partial charge is 0.618 e. The van der Waals surface area contributed by atoms with Crippen molar-refractivity contribution in [2.24, 2.45) is 0 Å². The first-order chi connectivity index (χ1) is 10.6. The molecule has 0 aliphatic carbocycles. The third-order valence-corrected chi connectivity index (χ3v) is 3.49. The maximum atomic E-state index is 12.5. The number of rotatable bonds is 2. The predicted molar refractivity (Wildman–Crippen MR) is 82.1 cm³/mol. The molecule has 0 fully saturated rings. The molecular weight excluding hydrogens is 282 g/mol. The molecule has 0 saturated heterocycles. The molecule has 0 spiro atoms. The number of hydrogen-bond donors (Lipinski definition) is 1. The summed E-state index contributed by atoms with van der Waals surface area (Å²) in [5.74, 6) is 0. The second kappa shape index (κ2) is 5.33. The van der Waals surface area contributed by atoms with Gasteiger partial charge in [-0.1, -0.05) is 30.3 Å². The third kappa shape index (κ3) is 2.20. The van der Waals surface area contributed by atoms with E-state index in [1.54, 1.807) is 61.5 Å². The van der Waals surface area contributed by atoms with Crippen molar-refractivity contribution in [1.82, 2.24) is 4.73 Å². The molecule has 0 unspecified atom stereocenters. The van der Waals surface area contributed by atoms with Crippen molar-refractivity contribution in [3.05, 3.63) is 76.1 Å². The van der Waals surface area contributed by atoms with Crippen molar-refractivity contribution >= 4 is 22.9 Å². The summed E-state index contributed by atoms with van der Waals surface area (Å²) in [6, 6.07) is 15.2. The maximum Gasteiger partial charge on any atom is 0.350 e. The number of aromatic nitrogens is 2. The van der Waals surface area contributed by atoms with Crippen LogP contribution in [0.25, 0.3) is 11.0 Å². The quantitative estimate of drug-likeness (QED) is 0.259. The first-order valence-corrected chi connectivity index (χ1v) is 6.72. The smallest absolute Gasteiger partial charge is 0.350 e. The van der Waals surface area contributed by atoms with Crippen LogP contribution in [0.15, 0.2) is 54.6 Å². The Morgan fingerprint density at radius 2 is 1.77 bits per heavy atom. The first kappa shape index (κ1) is 13.8. The zero-order valence-electron chi connectivity index (χ0n) is 11.9. The molecule has 3 rings (SSSR count). The van der Waals surface area contributed by atoms with Gasteiger partial charge in [-0.15, -0.1) is 0 Å². The van der Waals surface area contributed by atoms with E-state index < -0.39 is 0 Å². The molecule has 0 saturated carbocycles. The van der Waals surface area contributed by atoms with Crippen LogP contribution in [0, 0.1) is 17.0 Å². The summed E-state index contributed by atoms with van der Waals surface area (Å²) in [5.41, 5.74) is 1.43. The van der Waals surface area contributed by atoms with Crippen molar-refractivity contribution in [3.8, 4) is 0 Å². The van der Waals surface area contributed by atoms with Gasteiger partial charge in [0.15, 0.2) is 5.52 Å². The van der Waals surface area contributed by atoms with E-state index in [9.17, 15) is 15.3 Å². The van der Waals surface area contributed by atoms with E-state index in [2.05, 4.69) is 0 Å². The molecule has 1 aromatic heterocycles. The van der Waals surface area contributed by atoms with Crippen LogP contribution in [-0.2, 0) is 0 Å². The van der Waals surface area contributed by atoms with Gasteiger partial charge in [0.2, 0.25) is 5.69 Å². The van der Waals surface area contributed by atoms with Crippen LogP contribution in [0.5, 0.6) is 0 Å². The fraction of sp³-hybridized carbons (Fsp3) is 0.0625. The highest BCUT2D eigenvalue weighted by atomic mass is 16.5. The van der Waals surface area contributed by atoms with Crippen LogP contribution in [0.3, 0.4) is 0 Å². The minimum atomic E-state index is 0.0834. The van der Waals surface area contributed by atoms with Crippen LogP contribution < -0.4 is 4.43 Å². The lowest BCUT2D eigenvalue weighted by Gasteiger charge is -2.05. The standard InChI is InChI=1S/C16H14N3O3/c1-12-16(11-17(20)13-7-3-2-4-8-13)19(22)15-10-6-5-9-14(15)18(12)21/h2-11,21H,1H3/q+1. The van der Waals surface area contributed by atoms with E-state index in [1.807, 2.05) is 0 Å². The number of hydrogen-bond acceptors (Lipinski definition) is 3. The molecule has 22 heavy (non-hydrogen) atoms. The van der Waals surface area contributed by atoms with Gasteiger partial charge in [-0.25, -0.2) is 0 Å². The van der Waals surface area contributed by atoms with Crippen molar-refractivity contribution in [1.29, 1.82) is 0 Å². The summed E-state index contributed by atoms with van der Waals surface area (Å²) < 4.78 is 2.16. The molecule has 0 bridgehead atoms. The van der Waals surface area contributed by atoms with Crippen LogP contribution >= 0.6 is 0 Å². The van der Waals surface area contributed by atoms with E-state index >= 15 is 0 Å². The minimum absolute atomic E-state index is 0.0834. The molecule has 1 heterocycles. The SMILES string of the molecule is Cc1c(C=[N+]([O-])c2ccccc2)[n+](=O)c2ccccc2n1O. The van der Waals surface area contributed by atoms with E-state index in [4.69, 9.17) is 0 Å². The second-order valence-corrected chi connectivity index (χ2v) is 4.86. The fourth-order valence-corrected chi connectivity index (χ4v) is 2.29. The molecule has 0 amide bonds. The molecule has 2 aromatic carbocycles. The van der Waals surface area contributed by atoms with Gasteiger partial charge in [-0.2, -0.15) is 9.47 Å². The number of para-hydroxylation sites is 3. The number of nitrogens with zero attached hydrogens (tertiary/aromatic N) is 3. The summed E-state index contributed by atoms with van der Waals surface area (Å²) in [7, 11) is 0. The zero-order valence-corrected chi connectivity index (χ0v) is 11.9. The monoisotopic (exact) mass is 296 g/mol. The number of fused-ring (bicyclic) bond motifs is 1.